The number of aryl methyl sites for hydroxylation is 2. The number of rotatable bonds is 7. The summed E-state index contributed by atoms with van der Waals surface area (Å²) in [6.45, 7) is 6.60. The molecule has 0 aliphatic carbocycles. The zero-order valence-electron chi connectivity index (χ0n) is 15.6. The molecule has 3 aromatic rings. The Morgan fingerprint density at radius 1 is 1.11 bits per heavy atom. The normalized spacial score (nSPS) is 10.6. The van der Waals surface area contributed by atoms with Gasteiger partial charge in [-0.25, -0.2) is 0 Å². The number of ether oxygens (including phenoxy) is 1. The molecule has 140 valence electrons. The minimum absolute atomic E-state index is 0.0796. The molecule has 0 atom stereocenters. The number of thioether (sulfide) groups is 1. The van der Waals surface area contributed by atoms with Crippen LogP contribution in [0.2, 0.25) is 0 Å². The molecule has 0 aliphatic rings. The average Bonchev–Trinajstić information content (AvgIpc) is 3.09. The van der Waals surface area contributed by atoms with Crippen LogP contribution < -0.4 is 10.1 Å². The van der Waals surface area contributed by atoms with Gasteiger partial charge in [0.25, 0.3) is 0 Å². The number of nitrogens with zero attached hydrogens (tertiary/aromatic N) is 2. The first kappa shape index (κ1) is 19.0. The van der Waals surface area contributed by atoms with Crippen LogP contribution in [0, 0.1) is 13.8 Å². The molecule has 1 amide bonds. The van der Waals surface area contributed by atoms with Crippen molar-refractivity contribution >= 4 is 23.4 Å². The standard InChI is InChI=1S/C20H22N4O2S/c1-4-26-17-7-5-15(6-8-17)19-22-20(24-23-19)27-12-18(25)21-16-10-13(2)9-14(3)11-16/h5-11H,4,12H2,1-3H3,(H,21,25)(H,22,23,24). The molecule has 0 aliphatic heterocycles. The number of carbonyl (C=O) groups is 1. The lowest BCUT2D eigenvalue weighted by Crippen LogP contribution is -2.14. The molecule has 2 aromatic carbocycles. The van der Waals surface area contributed by atoms with E-state index < -0.39 is 0 Å². The lowest BCUT2D eigenvalue weighted by atomic mass is 10.1. The Morgan fingerprint density at radius 3 is 2.48 bits per heavy atom. The van der Waals surface area contributed by atoms with E-state index in [0.29, 0.717) is 17.6 Å². The quantitative estimate of drug-likeness (QED) is 0.598. The lowest BCUT2D eigenvalue weighted by molar-refractivity contribution is -0.113. The van der Waals surface area contributed by atoms with Crippen LogP contribution in [0.25, 0.3) is 11.4 Å². The average molecular weight is 382 g/mol. The topological polar surface area (TPSA) is 79.9 Å². The van der Waals surface area contributed by atoms with Gasteiger partial charge in [-0.1, -0.05) is 17.8 Å². The summed E-state index contributed by atoms with van der Waals surface area (Å²) < 4.78 is 5.44. The fraction of sp³-hybridized carbons (Fsp3) is 0.250. The largest absolute Gasteiger partial charge is 0.494 e. The maximum atomic E-state index is 12.2. The number of hydrogen-bond acceptors (Lipinski definition) is 5. The Labute approximate surface area is 162 Å². The van der Waals surface area contributed by atoms with Gasteiger partial charge in [0.05, 0.1) is 12.4 Å². The minimum Gasteiger partial charge on any atom is -0.494 e. The number of nitrogens with one attached hydrogen (secondary N) is 2. The van der Waals surface area contributed by atoms with Crippen LogP contribution in [0.4, 0.5) is 5.69 Å². The van der Waals surface area contributed by atoms with Crippen LogP contribution in [-0.4, -0.2) is 33.4 Å². The van der Waals surface area contributed by atoms with Crippen molar-refractivity contribution in [2.75, 3.05) is 17.7 Å². The van der Waals surface area contributed by atoms with Crippen molar-refractivity contribution in [1.82, 2.24) is 15.2 Å². The molecule has 6 nitrogen and oxygen atoms in total. The molecule has 0 saturated heterocycles. The number of H-pyrrole nitrogens is 1. The minimum atomic E-state index is -0.0796. The molecule has 0 bridgehead atoms. The van der Waals surface area contributed by atoms with Crippen molar-refractivity contribution in [3.05, 3.63) is 53.6 Å². The van der Waals surface area contributed by atoms with E-state index in [1.807, 2.05) is 57.2 Å². The van der Waals surface area contributed by atoms with E-state index >= 15 is 0 Å². The first-order valence-electron chi connectivity index (χ1n) is 8.70. The lowest BCUT2D eigenvalue weighted by Gasteiger charge is -2.06. The predicted molar refractivity (Wildman–Crippen MR) is 108 cm³/mol. The Balaban J connectivity index is 1.56. The first-order valence-corrected chi connectivity index (χ1v) is 9.69. The second-order valence-corrected chi connectivity index (χ2v) is 7.11. The van der Waals surface area contributed by atoms with Crippen LogP contribution >= 0.6 is 11.8 Å². The molecule has 1 aromatic heterocycles. The summed E-state index contributed by atoms with van der Waals surface area (Å²) >= 11 is 1.32. The number of hydrogen-bond donors (Lipinski definition) is 2. The highest BCUT2D eigenvalue weighted by Gasteiger charge is 2.09. The first-order chi connectivity index (χ1) is 13.0. The third-order valence-electron chi connectivity index (χ3n) is 3.75. The van der Waals surface area contributed by atoms with E-state index in [2.05, 4.69) is 26.6 Å². The highest BCUT2D eigenvalue weighted by molar-refractivity contribution is 7.99. The van der Waals surface area contributed by atoms with Crippen molar-refractivity contribution in [3.8, 4) is 17.1 Å². The van der Waals surface area contributed by atoms with Crippen LogP contribution in [-0.2, 0) is 4.79 Å². The maximum absolute atomic E-state index is 12.2. The number of aromatic nitrogens is 3. The summed E-state index contributed by atoms with van der Waals surface area (Å²) in [5.74, 6) is 1.66. The van der Waals surface area contributed by atoms with Crippen molar-refractivity contribution in [1.29, 1.82) is 0 Å². The number of anilines is 1. The van der Waals surface area contributed by atoms with Gasteiger partial charge in [-0.3, -0.25) is 4.79 Å². The summed E-state index contributed by atoms with van der Waals surface area (Å²) in [5.41, 5.74) is 3.96. The zero-order valence-corrected chi connectivity index (χ0v) is 16.4. The van der Waals surface area contributed by atoms with Gasteiger partial charge >= 0.3 is 0 Å². The van der Waals surface area contributed by atoms with Gasteiger partial charge in [-0.05, 0) is 68.3 Å². The molecular formula is C20H22N4O2S. The van der Waals surface area contributed by atoms with Crippen molar-refractivity contribution < 1.29 is 9.53 Å². The third-order valence-corrected chi connectivity index (χ3v) is 4.61. The number of benzene rings is 2. The van der Waals surface area contributed by atoms with Gasteiger partial charge < -0.3 is 15.0 Å². The second kappa shape index (κ2) is 8.73. The number of aromatic amines is 1. The highest BCUT2D eigenvalue weighted by Crippen LogP contribution is 2.22. The highest BCUT2D eigenvalue weighted by atomic mass is 32.2. The molecule has 2 N–H and O–H groups in total. The van der Waals surface area contributed by atoms with Gasteiger partial charge in [0.1, 0.15) is 5.75 Å². The summed E-state index contributed by atoms with van der Waals surface area (Å²) in [5, 5.41) is 11.8. The van der Waals surface area contributed by atoms with Crippen LogP contribution in [0.3, 0.4) is 0 Å². The van der Waals surface area contributed by atoms with Crippen LogP contribution in [0.1, 0.15) is 18.1 Å². The second-order valence-electron chi connectivity index (χ2n) is 6.15. The van der Waals surface area contributed by atoms with Crippen LogP contribution in [0.5, 0.6) is 5.75 Å². The Morgan fingerprint density at radius 2 is 1.81 bits per heavy atom. The fourth-order valence-corrected chi connectivity index (χ4v) is 3.30. The molecular weight excluding hydrogens is 360 g/mol. The molecule has 0 fully saturated rings. The predicted octanol–water partition coefficient (Wildman–Crippen LogP) is 4.22. The SMILES string of the molecule is CCOc1ccc(-c2nnc(SCC(=O)Nc3cc(C)cc(C)c3)[nH]2)cc1. The van der Waals surface area contributed by atoms with E-state index in [4.69, 9.17) is 4.74 Å². The van der Waals surface area contributed by atoms with Gasteiger partial charge in [-0.15, -0.1) is 10.2 Å². The number of amides is 1. The fourth-order valence-electron chi connectivity index (χ4n) is 2.70. The molecule has 3 rings (SSSR count). The van der Waals surface area contributed by atoms with E-state index in [1.165, 1.54) is 11.8 Å². The Kier molecular flexibility index (Phi) is 6.13. The molecule has 27 heavy (non-hydrogen) atoms. The van der Waals surface area contributed by atoms with Gasteiger partial charge in [0, 0.05) is 11.3 Å². The van der Waals surface area contributed by atoms with Gasteiger partial charge in [0.15, 0.2) is 11.0 Å². The van der Waals surface area contributed by atoms with Crippen molar-refractivity contribution in [2.45, 2.75) is 25.9 Å². The Bertz CT molecular complexity index is 902. The molecule has 0 spiro atoms. The Hall–Kier alpha value is -2.80. The molecule has 7 heteroatoms. The monoisotopic (exact) mass is 382 g/mol. The van der Waals surface area contributed by atoms with Gasteiger partial charge in [-0.2, -0.15) is 0 Å². The van der Waals surface area contributed by atoms with E-state index in [9.17, 15) is 4.79 Å². The zero-order chi connectivity index (χ0) is 19.2. The number of carbonyl (C=O) groups excluding carboxylic acids is 1. The molecule has 0 saturated carbocycles. The molecule has 0 radical (unpaired) electrons. The van der Waals surface area contributed by atoms with E-state index in [-0.39, 0.29) is 11.7 Å². The van der Waals surface area contributed by atoms with Crippen molar-refractivity contribution in [3.63, 3.8) is 0 Å². The summed E-state index contributed by atoms with van der Waals surface area (Å²) in [4.78, 5) is 15.3. The summed E-state index contributed by atoms with van der Waals surface area (Å²) in [7, 11) is 0. The van der Waals surface area contributed by atoms with Gasteiger partial charge in [0.2, 0.25) is 5.91 Å². The molecule has 1 heterocycles. The summed E-state index contributed by atoms with van der Waals surface area (Å²) in [6, 6.07) is 13.6. The van der Waals surface area contributed by atoms with E-state index in [0.717, 1.165) is 28.1 Å². The van der Waals surface area contributed by atoms with E-state index in [1.54, 1.807) is 0 Å². The summed E-state index contributed by atoms with van der Waals surface area (Å²) in [6.07, 6.45) is 0. The third kappa shape index (κ3) is 5.34. The smallest absolute Gasteiger partial charge is 0.234 e. The van der Waals surface area contributed by atoms with Crippen molar-refractivity contribution in [2.24, 2.45) is 0 Å². The van der Waals surface area contributed by atoms with Crippen LogP contribution in [0.15, 0.2) is 47.6 Å². The molecule has 0 unspecified atom stereocenters. The maximum Gasteiger partial charge on any atom is 0.234 e.